The molecule has 182 valence electrons. The number of phenolic OH excluding ortho intramolecular Hbond substituents is 1. The highest BCUT2D eigenvalue weighted by atomic mass is 16.6. The predicted octanol–water partition coefficient (Wildman–Crippen LogP) is -0.372. The van der Waals surface area contributed by atoms with E-state index in [9.17, 15) is 19.5 Å². The third kappa shape index (κ3) is 7.69. The summed E-state index contributed by atoms with van der Waals surface area (Å²) in [5.41, 5.74) is 3.88. The second-order valence-electron chi connectivity index (χ2n) is 9.14. The van der Waals surface area contributed by atoms with Crippen LogP contribution in [0.3, 0.4) is 0 Å². The average Bonchev–Trinajstić information content (AvgIpc) is 3.57. The van der Waals surface area contributed by atoms with Gasteiger partial charge in [-0.25, -0.2) is 5.01 Å². The maximum Gasteiger partial charge on any atom is 0.256 e. The van der Waals surface area contributed by atoms with E-state index in [0.717, 1.165) is 31.7 Å². The first-order chi connectivity index (χ1) is 15.7. The normalized spacial score (nSPS) is 21.9. The first-order valence-electron chi connectivity index (χ1n) is 11.5. The molecular weight excluding hydrogens is 426 g/mol. The molecule has 2 heterocycles. The highest BCUT2D eigenvalue weighted by Gasteiger charge is 2.50. The predicted molar refractivity (Wildman–Crippen MR) is 122 cm³/mol. The number of rotatable bonds is 10. The van der Waals surface area contributed by atoms with Crippen molar-refractivity contribution in [1.82, 2.24) is 26.0 Å². The Labute approximate surface area is 194 Å². The van der Waals surface area contributed by atoms with Crippen molar-refractivity contribution < 1.29 is 24.2 Å². The zero-order valence-corrected chi connectivity index (χ0v) is 19.5. The Bertz CT molecular complexity index is 823. The molecule has 2 saturated heterocycles. The molecule has 0 radical (unpaired) electrons. The van der Waals surface area contributed by atoms with Crippen molar-refractivity contribution in [3.63, 3.8) is 0 Å². The lowest BCUT2D eigenvalue weighted by Crippen LogP contribution is -2.57. The van der Waals surface area contributed by atoms with Gasteiger partial charge < -0.3 is 25.4 Å². The van der Waals surface area contributed by atoms with Crippen molar-refractivity contribution in [3.05, 3.63) is 29.8 Å². The fourth-order valence-electron chi connectivity index (χ4n) is 3.71. The Hall–Kier alpha value is -2.69. The fraction of sp³-hybridized carbons (Fsp3) is 0.609. The molecule has 3 amide bonds. The van der Waals surface area contributed by atoms with Crippen molar-refractivity contribution in [2.45, 2.75) is 44.9 Å². The van der Waals surface area contributed by atoms with E-state index in [1.165, 1.54) is 0 Å². The highest BCUT2D eigenvalue weighted by molar-refractivity contribution is 5.97. The third-order valence-corrected chi connectivity index (χ3v) is 5.77. The quantitative estimate of drug-likeness (QED) is 0.350. The number of benzene rings is 1. The number of nitrogens with one attached hydrogen (secondary N) is 3. The summed E-state index contributed by atoms with van der Waals surface area (Å²) in [5, 5.41) is 16.7. The first-order valence-corrected chi connectivity index (χ1v) is 11.5. The molecule has 0 bridgehead atoms. The van der Waals surface area contributed by atoms with Crippen molar-refractivity contribution in [2.24, 2.45) is 5.92 Å². The number of ether oxygens (including phenoxy) is 1. The van der Waals surface area contributed by atoms with Gasteiger partial charge in [-0.3, -0.25) is 19.8 Å². The summed E-state index contributed by atoms with van der Waals surface area (Å²) >= 11 is 0. The van der Waals surface area contributed by atoms with Crippen LogP contribution in [-0.2, 0) is 25.5 Å². The molecule has 1 aromatic carbocycles. The molecule has 0 unspecified atom stereocenters. The minimum Gasteiger partial charge on any atom is -0.508 e. The lowest BCUT2D eigenvalue weighted by molar-refractivity contribution is -0.133. The van der Waals surface area contributed by atoms with Crippen molar-refractivity contribution in [3.8, 4) is 5.75 Å². The van der Waals surface area contributed by atoms with Gasteiger partial charge in [0.2, 0.25) is 0 Å². The first kappa shape index (κ1) is 24.9. The SMILES string of the molecule is CC(C)C[C@H](NC(=O)[C@H]1O[C@@H]1C(=O)NCCc1ccc(O)cc1)C(=O)NN1CCN(C)CC1. The van der Waals surface area contributed by atoms with Gasteiger partial charge >= 0.3 is 0 Å². The van der Waals surface area contributed by atoms with Gasteiger partial charge in [-0.05, 0) is 43.5 Å². The van der Waals surface area contributed by atoms with E-state index in [1.54, 1.807) is 24.3 Å². The van der Waals surface area contributed by atoms with Gasteiger partial charge in [0.15, 0.2) is 12.2 Å². The molecule has 0 saturated carbocycles. The minimum absolute atomic E-state index is 0.191. The zero-order valence-electron chi connectivity index (χ0n) is 19.5. The summed E-state index contributed by atoms with van der Waals surface area (Å²) in [6.07, 6.45) is -0.643. The van der Waals surface area contributed by atoms with Gasteiger partial charge in [-0.1, -0.05) is 26.0 Å². The van der Waals surface area contributed by atoms with E-state index in [2.05, 4.69) is 21.0 Å². The molecule has 2 aliphatic heterocycles. The van der Waals surface area contributed by atoms with Gasteiger partial charge in [0, 0.05) is 32.7 Å². The summed E-state index contributed by atoms with van der Waals surface area (Å²) in [5.74, 6) is -0.662. The standard InChI is InChI=1S/C23H35N5O5/c1-15(2)14-18(21(30)26-28-12-10-27(3)11-13-28)25-23(32)20-19(33-20)22(31)24-9-8-16-4-6-17(29)7-5-16/h4-7,15,18-20,29H,8-14H2,1-3H3,(H,24,31)(H,25,32)(H,26,30)/t18-,19-,20-/m0/s1. The lowest BCUT2D eigenvalue weighted by Gasteiger charge is -2.33. The number of hydrogen-bond acceptors (Lipinski definition) is 7. The number of epoxide rings is 1. The molecule has 10 heteroatoms. The second kappa shape index (κ2) is 11.4. The minimum atomic E-state index is -0.884. The number of carbonyl (C=O) groups is 3. The molecule has 3 atom stereocenters. The Kier molecular flexibility index (Phi) is 8.65. The van der Waals surface area contributed by atoms with Crippen LogP contribution in [0.1, 0.15) is 25.8 Å². The van der Waals surface area contributed by atoms with Gasteiger partial charge in [0.05, 0.1) is 0 Å². The van der Waals surface area contributed by atoms with Crippen molar-refractivity contribution in [1.29, 1.82) is 0 Å². The van der Waals surface area contributed by atoms with Crippen LogP contribution >= 0.6 is 0 Å². The molecule has 4 N–H and O–H groups in total. The van der Waals surface area contributed by atoms with Gasteiger partial charge in [-0.2, -0.15) is 0 Å². The Balaban J connectivity index is 1.43. The number of carbonyl (C=O) groups excluding carboxylic acids is 3. The van der Waals surface area contributed by atoms with Crippen LogP contribution in [0.4, 0.5) is 0 Å². The van der Waals surface area contributed by atoms with Crippen LogP contribution in [0.15, 0.2) is 24.3 Å². The number of nitrogens with zero attached hydrogens (tertiary/aromatic N) is 2. The summed E-state index contributed by atoms with van der Waals surface area (Å²) < 4.78 is 5.30. The third-order valence-electron chi connectivity index (χ3n) is 5.77. The molecule has 1 aromatic rings. The van der Waals surface area contributed by atoms with Gasteiger partial charge in [0.25, 0.3) is 17.7 Å². The van der Waals surface area contributed by atoms with Crippen LogP contribution in [0.2, 0.25) is 0 Å². The number of likely N-dealkylation sites (N-methyl/N-ethyl adjacent to an activating group) is 1. The Morgan fingerprint density at radius 2 is 1.70 bits per heavy atom. The molecule has 2 aliphatic rings. The maximum atomic E-state index is 12.8. The molecule has 0 spiro atoms. The van der Waals surface area contributed by atoms with Crippen LogP contribution in [-0.4, -0.2) is 90.8 Å². The summed E-state index contributed by atoms with van der Waals surface area (Å²) in [7, 11) is 2.04. The maximum absolute atomic E-state index is 12.8. The molecule has 0 aromatic heterocycles. The van der Waals surface area contributed by atoms with Crippen LogP contribution in [0.25, 0.3) is 0 Å². The van der Waals surface area contributed by atoms with E-state index >= 15 is 0 Å². The smallest absolute Gasteiger partial charge is 0.256 e. The molecule has 2 fully saturated rings. The average molecular weight is 462 g/mol. The Morgan fingerprint density at radius 1 is 1.06 bits per heavy atom. The number of amides is 3. The fourth-order valence-corrected chi connectivity index (χ4v) is 3.71. The lowest BCUT2D eigenvalue weighted by atomic mass is 10.0. The van der Waals surface area contributed by atoms with Gasteiger partial charge in [0.1, 0.15) is 11.8 Å². The molecule has 0 aliphatic carbocycles. The van der Waals surface area contributed by atoms with Crippen molar-refractivity contribution >= 4 is 17.7 Å². The second-order valence-corrected chi connectivity index (χ2v) is 9.14. The van der Waals surface area contributed by atoms with Gasteiger partial charge in [-0.15, -0.1) is 0 Å². The van der Waals surface area contributed by atoms with Crippen LogP contribution in [0.5, 0.6) is 5.75 Å². The number of hydrazine groups is 1. The van der Waals surface area contributed by atoms with Crippen molar-refractivity contribution in [2.75, 3.05) is 39.8 Å². The summed E-state index contributed by atoms with van der Waals surface area (Å²) in [6, 6.07) is 6.06. The number of phenols is 1. The summed E-state index contributed by atoms with van der Waals surface area (Å²) in [6.45, 7) is 7.54. The zero-order chi connectivity index (χ0) is 24.0. The largest absolute Gasteiger partial charge is 0.508 e. The van der Waals surface area contributed by atoms with E-state index < -0.39 is 24.2 Å². The summed E-state index contributed by atoms with van der Waals surface area (Å²) in [4.78, 5) is 39.9. The monoisotopic (exact) mass is 461 g/mol. The van der Waals surface area contributed by atoms with Crippen LogP contribution < -0.4 is 16.1 Å². The van der Waals surface area contributed by atoms with E-state index in [4.69, 9.17) is 4.74 Å². The number of piperazine rings is 1. The molecule has 10 nitrogen and oxygen atoms in total. The molecule has 33 heavy (non-hydrogen) atoms. The Morgan fingerprint density at radius 3 is 2.33 bits per heavy atom. The molecular formula is C23H35N5O5. The molecule has 3 rings (SSSR count). The number of hydrogen-bond donors (Lipinski definition) is 4. The van der Waals surface area contributed by atoms with Crippen LogP contribution in [0, 0.1) is 5.92 Å². The van der Waals surface area contributed by atoms with E-state index in [0.29, 0.717) is 19.4 Å². The highest BCUT2D eigenvalue weighted by Crippen LogP contribution is 2.23. The van der Waals surface area contributed by atoms with E-state index in [1.807, 2.05) is 25.9 Å². The topological polar surface area (TPSA) is 127 Å². The number of aromatic hydroxyl groups is 1. The van der Waals surface area contributed by atoms with E-state index in [-0.39, 0.29) is 23.5 Å².